The van der Waals surface area contributed by atoms with E-state index in [1.165, 1.54) is 56.8 Å². The SMILES string of the molecule is CC(C)[C@@H]1NC(=O)[C@H](Cc2c[nH]c3ccccc23)NC(=O)[C@H](C)NC(=O)[C@H](CO)NC(=O)[C@H](Cc2c[nH]c3ccccc23)NC(=O)[C@@H]2CSCc3cc(cc(c3)CSC[C@@H](C(=O)N[C@@H](C)C(N)=O)NC(=O)[C@H](CC(=O)O)NC(=O)[C@H](Cc3ccc(O)cc3)NC1=O)CSC[C@H](NC(=O)[C@H](C)N)C(=O)NCC(=O)N[C@@H](CCC(N)=O)C(=O)N2. The molecule has 0 saturated carbocycles. The van der Waals surface area contributed by atoms with Crippen molar-refractivity contribution in [3.05, 3.63) is 137 Å². The molecule has 0 spiro atoms. The van der Waals surface area contributed by atoms with Gasteiger partial charge in [0.2, 0.25) is 88.6 Å². The molecule has 2 aliphatic heterocycles. The van der Waals surface area contributed by atoms with E-state index >= 15 is 9.59 Å². The standard InChI is InChI=1S/C77H98N18O19S3/c1-37(2)64-77(114)90-53(23-41-14-16-47(97)17-15-41)70(107)89-56(26-63(100)101)72(109)94-59(75(112)84-39(4)65(80)102)35-116-32-43-20-42-21-44(22-43)33-117-36-60(93-69(106)52(18-19-61(79)98)86-62(99)29-83-68(105)58(34-115-31-42)92-66(103)38(3)78)76(113)88-54(24-45-27-81-50-12-8-6-10-48(45)50)71(108)91-57(30-96)74(111)85-40(5)67(104)87-55(73(110)95-64)25-46-28-82-51-13-9-7-11-49(46)51/h6-17,20-22,27-28,37-40,52-60,64,81-82,96-97H,18-19,23-26,29-36,78H2,1-5H3,(H2,79,98)(H2,80,102)(H,83,105)(H,84,112)(H,85,111)(H,86,99)(H,87,104)(H,88,113)(H,89,107)(H,90,114)(H,91,108)(H,92,103)(H,93,106)(H,94,109)(H,95,110)(H,100,101)/t38-,39-,40-,52-,53-,54-,55-,56-,57-,58-,59-,60-,64-/m0/s1. The fourth-order valence-electron chi connectivity index (χ4n) is 12.5. The van der Waals surface area contributed by atoms with E-state index in [9.17, 15) is 82.4 Å². The first kappa shape index (κ1) is 90.8. The molecule has 117 heavy (non-hydrogen) atoms. The Morgan fingerprint density at radius 3 is 1.58 bits per heavy atom. The predicted molar refractivity (Wildman–Crippen MR) is 434 cm³/mol. The largest absolute Gasteiger partial charge is 0.508 e. The monoisotopic (exact) mass is 1670 g/mol. The average Bonchev–Trinajstić information content (AvgIpc) is 1.63. The van der Waals surface area contributed by atoms with E-state index in [1.807, 2.05) is 0 Å². The Bertz CT molecular complexity index is 4660. The number of aliphatic carboxylic acids is 1. The van der Waals surface area contributed by atoms with Gasteiger partial charge in [0.15, 0.2) is 0 Å². The quantitative estimate of drug-likeness (QED) is 0.0408. The number of hydrogen-bond acceptors (Lipinski definition) is 22. The first-order valence-corrected chi connectivity index (χ1v) is 40.9. The zero-order valence-electron chi connectivity index (χ0n) is 64.6. The molecule has 0 aliphatic carbocycles. The third kappa shape index (κ3) is 27.2. The average molecular weight is 1680 g/mol. The van der Waals surface area contributed by atoms with Crippen molar-refractivity contribution in [2.45, 2.75) is 169 Å². The smallest absolute Gasteiger partial charge is 0.305 e. The molecule has 4 aromatic carbocycles. The molecule has 0 radical (unpaired) electrons. The normalized spacial score (nSPS) is 23.4. The summed E-state index contributed by atoms with van der Waals surface area (Å²) in [6, 6.07) is 4.12. The van der Waals surface area contributed by atoms with Gasteiger partial charge in [0.05, 0.1) is 25.6 Å². The zero-order valence-corrected chi connectivity index (χ0v) is 67.1. The van der Waals surface area contributed by atoms with Gasteiger partial charge in [-0.2, -0.15) is 35.3 Å². The maximum absolute atomic E-state index is 15.3. The summed E-state index contributed by atoms with van der Waals surface area (Å²) >= 11 is 3.32. The molecule has 2 aliphatic rings. The van der Waals surface area contributed by atoms with E-state index in [0.717, 1.165) is 23.5 Å². The maximum atomic E-state index is 15.3. The summed E-state index contributed by atoms with van der Waals surface area (Å²) in [4.78, 5) is 232. The van der Waals surface area contributed by atoms with Crippen LogP contribution in [-0.2, 0) is 113 Å². The number of aromatic amines is 2. The van der Waals surface area contributed by atoms with E-state index in [2.05, 4.69) is 79.1 Å². The summed E-state index contributed by atoms with van der Waals surface area (Å²) in [5, 5.41) is 65.8. The summed E-state index contributed by atoms with van der Waals surface area (Å²) < 4.78 is 0. The minimum absolute atomic E-state index is 0.0221. The number of nitrogens with two attached hydrogens (primary N) is 3. The minimum atomic E-state index is -2.01. The summed E-state index contributed by atoms with van der Waals surface area (Å²) in [6.45, 7) is 5.10. The van der Waals surface area contributed by atoms with Crippen molar-refractivity contribution >= 4 is 152 Å². The molecule has 4 heterocycles. The van der Waals surface area contributed by atoms with Crippen molar-refractivity contribution in [1.29, 1.82) is 0 Å². The van der Waals surface area contributed by atoms with Crippen LogP contribution in [0.5, 0.6) is 5.75 Å². The van der Waals surface area contributed by atoms with Gasteiger partial charge in [-0.1, -0.05) is 80.6 Å². The van der Waals surface area contributed by atoms with Crippen molar-refractivity contribution in [2.75, 3.05) is 30.4 Å². The first-order chi connectivity index (χ1) is 55.6. The Morgan fingerprint density at radius 2 is 1.03 bits per heavy atom. The highest BCUT2D eigenvalue weighted by molar-refractivity contribution is 7.99. The number of phenols is 1. The van der Waals surface area contributed by atoms with Crippen LogP contribution in [0.25, 0.3) is 21.8 Å². The number of hydrogen-bond donors (Lipinski definition) is 21. The molecule has 13 atom stereocenters. The van der Waals surface area contributed by atoms with Crippen molar-refractivity contribution in [3.8, 4) is 5.75 Å². The number of primary amides is 2. The molecule has 0 unspecified atom stereocenters. The number of nitrogens with one attached hydrogen (secondary N) is 15. The summed E-state index contributed by atoms with van der Waals surface area (Å²) in [5.74, 6) is -18.1. The lowest BCUT2D eigenvalue weighted by atomic mass is 9.99. The Morgan fingerprint density at radius 1 is 0.538 bits per heavy atom. The number of fused-ring (bicyclic) bond motifs is 7. The Balaban J connectivity index is 1.23. The lowest BCUT2D eigenvalue weighted by molar-refractivity contribution is -0.141. The van der Waals surface area contributed by atoms with Gasteiger partial charge in [-0.25, -0.2) is 0 Å². The van der Waals surface area contributed by atoms with Crippen LogP contribution < -0.4 is 86.3 Å². The fourth-order valence-corrected chi connectivity index (χ4v) is 15.5. The molecule has 628 valence electrons. The number of benzene rings is 4. The summed E-state index contributed by atoms with van der Waals surface area (Å²) in [6.07, 6.45) is 0.173. The highest BCUT2D eigenvalue weighted by Gasteiger charge is 2.39. The molecule has 6 aromatic rings. The number of aromatic hydroxyl groups is 1. The van der Waals surface area contributed by atoms with Crippen LogP contribution in [0.1, 0.15) is 87.3 Å². The number of para-hydroxylation sites is 2. The number of amides is 15. The maximum Gasteiger partial charge on any atom is 0.305 e. The van der Waals surface area contributed by atoms with Crippen LogP contribution in [-0.4, -0.2) is 229 Å². The van der Waals surface area contributed by atoms with Crippen molar-refractivity contribution in [3.63, 3.8) is 0 Å². The minimum Gasteiger partial charge on any atom is -0.508 e. The number of aromatic nitrogens is 2. The number of aliphatic hydroxyl groups excluding tert-OH is 1. The summed E-state index contributed by atoms with van der Waals surface area (Å²) in [7, 11) is 0. The van der Waals surface area contributed by atoms with Crippen LogP contribution in [0.15, 0.2) is 103 Å². The number of aliphatic hydroxyl groups is 1. The topological polar surface area (TPSA) is 600 Å². The van der Waals surface area contributed by atoms with Crippen LogP contribution in [0.2, 0.25) is 0 Å². The molecule has 24 N–H and O–H groups in total. The number of thioether (sulfide) groups is 3. The Kier molecular flexibility index (Phi) is 33.6. The van der Waals surface area contributed by atoms with Crippen molar-refractivity contribution in [2.24, 2.45) is 23.1 Å². The van der Waals surface area contributed by atoms with Crippen LogP contribution in [0, 0.1) is 5.92 Å². The number of carboxylic acid groups (broad SMARTS) is 1. The highest BCUT2D eigenvalue weighted by Crippen LogP contribution is 2.27. The van der Waals surface area contributed by atoms with Gasteiger partial charge >= 0.3 is 5.97 Å². The van der Waals surface area contributed by atoms with Crippen LogP contribution in [0.3, 0.4) is 0 Å². The Hall–Kier alpha value is -11.8. The lowest BCUT2D eigenvalue weighted by Gasteiger charge is -2.29. The van der Waals surface area contributed by atoms with Gasteiger partial charge in [-0.3, -0.25) is 76.7 Å². The van der Waals surface area contributed by atoms with E-state index in [1.54, 1.807) is 93.0 Å². The second kappa shape index (κ2) is 43.3. The van der Waals surface area contributed by atoms with Gasteiger partial charge < -0.3 is 112 Å². The van der Waals surface area contributed by atoms with E-state index in [4.69, 9.17) is 17.2 Å². The van der Waals surface area contributed by atoms with Gasteiger partial charge in [0, 0.05) is 94.4 Å². The predicted octanol–water partition coefficient (Wildman–Crippen LogP) is -3.00. The van der Waals surface area contributed by atoms with Crippen molar-refractivity contribution < 1.29 is 92.0 Å². The first-order valence-electron chi connectivity index (χ1n) is 37.4. The molecule has 40 heteroatoms. The second-order valence-corrected chi connectivity index (χ2v) is 31.8. The molecular weight excluding hydrogens is 1580 g/mol. The third-order valence-corrected chi connectivity index (χ3v) is 22.2. The molecule has 37 nitrogen and oxygen atoms in total. The highest BCUT2D eigenvalue weighted by atomic mass is 32.2. The van der Waals surface area contributed by atoms with Gasteiger partial charge in [-0.05, 0) is 90.8 Å². The number of carboxylic acids is 1. The van der Waals surface area contributed by atoms with Gasteiger partial charge in [0.1, 0.15) is 78.3 Å². The summed E-state index contributed by atoms with van der Waals surface area (Å²) in [5.41, 5.74) is 21.3. The van der Waals surface area contributed by atoms with E-state index in [0.29, 0.717) is 55.2 Å². The van der Waals surface area contributed by atoms with E-state index in [-0.39, 0.29) is 59.5 Å². The van der Waals surface area contributed by atoms with Gasteiger partial charge in [-0.15, -0.1) is 0 Å². The number of carbonyl (C=O) groups excluding carboxylic acids is 15. The molecule has 0 saturated heterocycles. The van der Waals surface area contributed by atoms with Crippen molar-refractivity contribution in [1.82, 2.24) is 79.1 Å². The molecule has 15 amide bonds. The molecular formula is C77H98N18O19S3. The Labute approximate surface area is 684 Å². The van der Waals surface area contributed by atoms with Gasteiger partial charge in [0.25, 0.3) is 0 Å². The number of phenolic OH excluding ortho intramolecular Hbond substituents is 1. The van der Waals surface area contributed by atoms with Crippen LogP contribution in [0.4, 0.5) is 0 Å². The number of rotatable bonds is 18. The molecule has 0 fully saturated rings. The lowest BCUT2D eigenvalue weighted by Crippen LogP contribution is -2.62. The third-order valence-electron chi connectivity index (χ3n) is 18.9. The molecule has 8 rings (SSSR count). The number of carbonyl (C=O) groups is 16. The van der Waals surface area contributed by atoms with Crippen LogP contribution >= 0.6 is 35.3 Å². The fraction of sp³-hybridized carbons (Fsp3) is 0.429. The zero-order chi connectivity index (χ0) is 85.3. The number of H-pyrrole nitrogens is 2. The molecule has 4 bridgehead atoms. The second-order valence-electron chi connectivity index (χ2n) is 28.7. The molecule has 2 aromatic heterocycles. The van der Waals surface area contributed by atoms with E-state index < -0.39 is 211 Å².